The minimum Gasteiger partial charge on any atom is -0.462 e. The van der Waals surface area contributed by atoms with Gasteiger partial charge < -0.3 is 14.2 Å². The summed E-state index contributed by atoms with van der Waals surface area (Å²) >= 11 is 0. The third-order valence-electron chi connectivity index (χ3n) is 11.9. The van der Waals surface area contributed by atoms with E-state index in [4.69, 9.17) is 14.2 Å². The SMILES string of the molecule is CC\C=C/C=C\C=C/C=C\CCCCCCCC(=O)OC(COC(=O)CCCCCCCCC/C=C\CCCCCCCC)COC(=O)CCCCCCCCCCCCCCCC. The Bertz CT molecular complexity index is 1170. The third kappa shape index (κ3) is 50.1. The summed E-state index contributed by atoms with van der Waals surface area (Å²) in [6.45, 7) is 6.49. The molecule has 6 nitrogen and oxygen atoms in total. The zero-order valence-corrected chi connectivity index (χ0v) is 42.3. The lowest BCUT2D eigenvalue weighted by molar-refractivity contribution is -0.167. The van der Waals surface area contributed by atoms with Crippen LogP contribution in [0.15, 0.2) is 60.8 Å². The summed E-state index contributed by atoms with van der Waals surface area (Å²) in [5, 5.41) is 0. The van der Waals surface area contributed by atoms with E-state index in [2.05, 4.69) is 63.3 Å². The van der Waals surface area contributed by atoms with E-state index in [1.807, 2.05) is 18.2 Å². The van der Waals surface area contributed by atoms with Gasteiger partial charge in [-0.1, -0.05) is 248 Å². The Morgan fingerprint density at radius 3 is 1.00 bits per heavy atom. The van der Waals surface area contributed by atoms with Crippen molar-refractivity contribution in [2.24, 2.45) is 0 Å². The molecule has 0 heterocycles. The molecule has 0 aromatic carbocycles. The second kappa shape index (κ2) is 52.7. The fourth-order valence-corrected chi connectivity index (χ4v) is 7.74. The van der Waals surface area contributed by atoms with Crippen LogP contribution in [0.1, 0.15) is 271 Å². The molecule has 0 aliphatic carbocycles. The molecule has 0 N–H and O–H groups in total. The molecule has 0 aromatic heterocycles. The number of esters is 3. The maximum atomic E-state index is 12.8. The predicted octanol–water partition coefficient (Wildman–Crippen LogP) is 18.0. The van der Waals surface area contributed by atoms with Crippen LogP contribution in [0.5, 0.6) is 0 Å². The molecule has 0 amide bonds. The Hall–Kier alpha value is -2.89. The van der Waals surface area contributed by atoms with Crippen molar-refractivity contribution < 1.29 is 28.6 Å². The molecular weight excluding hydrogens is 793 g/mol. The lowest BCUT2D eigenvalue weighted by atomic mass is 10.0. The summed E-state index contributed by atoms with van der Waals surface area (Å²) in [6.07, 6.45) is 64.9. The van der Waals surface area contributed by atoms with Crippen molar-refractivity contribution >= 4 is 17.9 Å². The van der Waals surface area contributed by atoms with Gasteiger partial charge in [-0.25, -0.2) is 0 Å². The zero-order chi connectivity index (χ0) is 46.5. The highest BCUT2D eigenvalue weighted by atomic mass is 16.6. The summed E-state index contributed by atoms with van der Waals surface area (Å²) in [4.78, 5) is 38.1. The van der Waals surface area contributed by atoms with Gasteiger partial charge in [0.25, 0.3) is 0 Å². The molecule has 0 aliphatic rings. The molecule has 370 valence electrons. The van der Waals surface area contributed by atoms with E-state index in [-0.39, 0.29) is 31.1 Å². The van der Waals surface area contributed by atoms with Crippen molar-refractivity contribution in [3.05, 3.63) is 60.8 Å². The second-order valence-electron chi connectivity index (χ2n) is 18.2. The van der Waals surface area contributed by atoms with E-state index in [0.717, 1.165) is 83.5 Å². The van der Waals surface area contributed by atoms with Gasteiger partial charge in [-0.15, -0.1) is 0 Å². The van der Waals surface area contributed by atoms with Gasteiger partial charge in [-0.3, -0.25) is 14.4 Å². The van der Waals surface area contributed by atoms with Crippen LogP contribution >= 0.6 is 0 Å². The molecule has 0 saturated carbocycles. The molecule has 0 aliphatic heterocycles. The highest BCUT2D eigenvalue weighted by Gasteiger charge is 2.19. The molecule has 0 bridgehead atoms. The topological polar surface area (TPSA) is 78.9 Å². The van der Waals surface area contributed by atoms with Crippen molar-refractivity contribution in [3.8, 4) is 0 Å². The van der Waals surface area contributed by atoms with E-state index >= 15 is 0 Å². The lowest BCUT2D eigenvalue weighted by Crippen LogP contribution is -2.30. The minimum atomic E-state index is -0.786. The zero-order valence-electron chi connectivity index (χ0n) is 42.3. The Morgan fingerprint density at radius 1 is 0.328 bits per heavy atom. The van der Waals surface area contributed by atoms with Crippen molar-refractivity contribution in [2.75, 3.05) is 13.2 Å². The maximum Gasteiger partial charge on any atom is 0.306 e. The van der Waals surface area contributed by atoms with Crippen molar-refractivity contribution in [2.45, 2.75) is 277 Å². The van der Waals surface area contributed by atoms with Gasteiger partial charge in [0.2, 0.25) is 0 Å². The number of carbonyl (C=O) groups excluding carboxylic acids is 3. The monoisotopic (exact) mass is 895 g/mol. The van der Waals surface area contributed by atoms with E-state index < -0.39 is 6.10 Å². The number of hydrogen-bond acceptors (Lipinski definition) is 6. The van der Waals surface area contributed by atoms with E-state index in [1.165, 1.54) is 148 Å². The predicted molar refractivity (Wildman–Crippen MR) is 275 cm³/mol. The Balaban J connectivity index is 4.40. The van der Waals surface area contributed by atoms with Crippen LogP contribution < -0.4 is 0 Å². The Morgan fingerprint density at radius 2 is 0.625 bits per heavy atom. The smallest absolute Gasteiger partial charge is 0.306 e. The van der Waals surface area contributed by atoms with E-state index in [9.17, 15) is 14.4 Å². The molecule has 1 unspecified atom stereocenters. The van der Waals surface area contributed by atoms with Crippen LogP contribution in [0.25, 0.3) is 0 Å². The summed E-state index contributed by atoms with van der Waals surface area (Å²) < 4.78 is 16.8. The largest absolute Gasteiger partial charge is 0.462 e. The molecule has 0 aromatic rings. The van der Waals surface area contributed by atoms with Crippen LogP contribution in [0.3, 0.4) is 0 Å². The number of hydrogen-bond donors (Lipinski definition) is 0. The first-order valence-corrected chi connectivity index (χ1v) is 27.3. The minimum absolute atomic E-state index is 0.0831. The highest BCUT2D eigenvalue weighted by molar-refractivity contribution is 5.71. The molecule has 6 heteroatoms. The van der Waals surface area contributed by atoms with Crippen molar-refractivity contribution in [3.63, 3.8) is 0 Å². The molecular formula is C58H102O6. The summed E-state index contributed by atoms with van der Waals surface area (Å²) in [7, 11) is 0. The first kappa shape index (κ1) is 61.1. The third-order valence-corrected chi connectivity index (χ3v) is 11.9. The van der Waals surface area contributed by atoms with Crippen LogP contribution in [0.2, 0.25) is 0 Å². The van der Waals surface area contributed by atoms with Gasteiger partial charge in [0, 0.05) is 19.3 Å². The average Bonchev–Trinajstić information content (AvgIpc) is 3.29. The maximum absolute atomic E-state index is 12.8. The fraction of sp³-hybridized carbons (Fsp3) is 0.776. The summed E-state index contributed by atoms with van der Waals surface area (Å²) in [6, 6.07) is 0. The van der Waals surface area contributed by atoms with Crippen LogP contribution in [-0.2, 0) is 28.6 Å². The van der Waals surface area contributed by atoms with Gasteiger partial charge in [-0.2, -0.15) is 0 Å². The number of unbranched alkanes of at least 4 members (excludes halogenated alkanes) is 31. The normalized spacial score (nSPS) is 12.5. The molecule has 1 atom stereocenters. The molecule has 64 heavy (non-hydrogen) atoms. The quantitative estimate of drug-likeness (QED) is 0.0199. The lowest BCUT2D eigenvalue weighted by Gasteiger charge is -2.18. The second-order valence-corrected chi connectivity index (χ2v) is 18.2. The molecule has 0 saturated heterocycles. The van der Waals surface area contributed by atoms with Crippen LogP contribution in [0, 0.1) is 0 Å². The first-order valence-electron chi connectivity index (χ1n) is 27.3. The average molecular weight is 895 g/mol. The summed E-state index contributed by atoms with van der Waals surface area (Å²) in [5.74, 6) is -0.902. The van der Waals surface area contributed by atoms with Crippen LogP contribution in [0.4, 0.5) is 0 Å². The fourth-order valence-electron chi connectivity index (χ4n) is 7.74. The van der Waals surface area contributed by atoms with Crippen LogP contribution in [-0.4, -0.2) is 37.2 Å². The van der Waals surface area contributed by atoms with Gasteiger partial charge in [0.15, 0.2) is 6.10 Å². The first-order chi connectivity index (χ1) is 31.5. The summed E-state index contributed by atoms with van der Waals surface area (Å²) in [5.41, 5.74) is 0. The van der Waals surface area contributed by atoms with Gasteiger partial charge in [-0.05, 0) is 64.2 Å². The van der Waals surface area contributed by atoms with Gasteiger partial charge in [0.05, 0.1) is 0 Å². The number of rotatable bonds is 49. The van der Waals surface area contributed by atoms with Crippen molar-refractivity contribution in [1.82, 2.24) is 0 Å². The molecule has 0 fully saturated rings. The standard InChI is InChI=1S/C58H102O6/c1-4-7-10-13-16-19-22-25-28-29-31-33-36-39-42-45-48-51-57(60)63-54-55(53-62-56(59)50-47-44-41-38-35-32-27-24-21-18-15-12-9-6-3)64-58(61)52-49-46-43-40-37-34-30-26-23-20-17-14-11-8-5-2/h8,11,14,17,20,23,25-26,28,30,55H,4-7,9-10,12-13,15-16,18-19,21-22,24,27,29,31-54H2,1-3H3/b11-8-,17-14-,23-20-,28-25-,30-26-. The van der Waals surface area contributed by atoms with E-state index in [1.54, 1.807) is 0 Å². The Kier molecular flexibility index (Phi) is 50.4. The number of carbonyl (C=O) groups is 3. The van der Waals surface area contributed by atoms with Gasteiger partial charge >= 0.3 is 17.9 Å². The molecule has 0 spiro atoms. The number of allylic oxidation sites excluding steroid dienone is 10. The highest BCUT2D eigenvalue weighted by Crippen LogP contribution is 2.16. The molecule has 0 rings (SSSR count). The molecule has 0 radical (unpaired) electrons. The van der Waals surface area contributed by atoms with Crippen molar-refractivity contribution in [1.29, 1.82) is 0 Å². The van der Waals surface area contributed by atoms with E-state index in [0.29, 0.717) is 19.3 Å². The Labute approximate surface area is 396 Å². The number of ether oxygens (including phenoxy) is 3. The van der Waals surface area contributed by atoms with Gasteiger partial charge in [0.1, 0.15) is 13.2 Å².